The number of sulfone groups is 1. The van der Waals surface area contributed by atoms with Crippen molar-refractivity contribution in [3.8, 4) is 5.75 Å². The molecule has 3 N–H and O–H groups in total. The zero-order chi connectivity index (χ0) is 15.6. The van der Waals surface area contributed by atoms with E-state index in [1.165, 1.54) is 24.3 Å². The Morgan fingerprint density at radius 1 is 1.33 bits per heavy atom. The normalized spacial score (nSPS) is 19.3. The van der Waals surface area contributed by atoms with E-state index >= 15 is 0 Å². The van der Waals surface area contributed by atoms with Gasteiger partial charge in [0.2, 0.25) is 0 Å². The molecule has 0 bridgehead atoms. The van der Waals surface area contributed by atoms with E-state index < -0.39 is 15.2 Å². The third-order valence-electron chi connectivity index (χ3n) is 3.75. The first-order chi connectivity index (χ1) is 9.86. The molecule has 6 nitrogen and oxygen atoms in total. The highest BCUT2D eigenvalue weighted by atomic mass is 32.2. The summed E-state index contributed by atoms with van der Waals surface area (Å²) in [6, 6.07) is 4.00. The average Bonchev–Trinajstić information content (AvgIpc) is 2.44. The third-order valence-corrected chi connectivity index (χ3v) is 5.79. The molecule has 7 heteroatoms. The molecule has 1 aliphatic heterocycles. The molecule has 1 unspecified atom stereocenters. The molecule has 0 aromatic heterocycles. The molecule has 21 heavy (non-hydrogen) atoms. The van der Waals surface area contributed by atoms with Gasteiger partial charge in [0.05, 0.1) is 10.6 Å². The molecule has 1 atom stereocenters. The van der Waals surface area contributed by atoms with Crippen LogP contribution in [0.25, 0.3) is 0 Å². The first-order valence-corrected chi connectivity index (χ1v) is 8.28. The Hall–Kier alpha value is -1.57. The molecule has 1 aliphatic rings. The van der Waals surface area contributed by atoms with Crippen LogP contribution >= 0.6 is 0 Å². The predicted molar refractivity (Wildman–Crippen MR) is 82.8 cm³/mol. The fraction of sp³-hybridized carbons (Fsp3) is 0.429. The Morgan fingerprint density at radius 3 is 2.48 bits per heavy atom. The molecule has 2 rings (SSSR count). The van der Waals surface area contributed by atoms with E-state index in [1.807, 2.05) is 11.9 Å². The molecule has 1 aromatic rings. The maximum atomic E-state index is 12.7. The number of nitrogens with two attached hydrogens (primary N) is 1. The number of benzene rings is 1. The SMILES string of the molecule is C=CC(N1CCN(C)CC1)S(=O)(=O)c1ccc(N)c(O)c1. The number of phenolic OH excluding ortho intramolecular Hbond substituents is 1. The highest BCUT2D eigenvalue weighted by molar-refractivity contribution is 7.92. The zero-order valence-electron chi connectivity index (χ0n) is 12.1. The summed E-state index contributed by atoms with van der Waals surface area (Å²) in [7, 11) is -1.63. The number of likely N-dealkylation sites (N-methyl/N-ethyl adjacent to an activating group) is 1. The van der Waals surface area contributed by atoms with Crippen molar-refractivity contribution in [1.29, 1.82) is 0 Å². The van der Waals surface area contributed by atoms with Gasteiger partial charge in [0.15, 0.2) is 9.84 Å². The number of nitrogen functional groups attached to an aromatic ring is 1. The van der Waals surface area contributed by atoms with E-state index in [2.05, 4.69) is 11.5 Å². The maximum absolute atomic E-state index is 12.7. The number of piperazine rings is 1. The summed E-state index contributed by atoms with van der Waals surface area (Å²) in [5.41, 5.74) is 5.67. The molecule has 1 fully saturated rings. The Labute approximate surface area is 125 Å². The molecule has 1 saturated heterocycles. The largest absolute Gasteiger partial charge is 0.506 e. The lowest BCUT2D eigenvalue weighted by molar-refractivity contribution is 0.154. The van der Waals surface area contributed by atoms with Crippen molar-refractivity contribution in [2.45, 2.75) is 10.3 Å². The van der Waals surface area contributed by atoms with Gasteiger partial charge in [-0.25, -0.2) is 8.42 Å². The Kier molecular flexibility index (Phi) is 4.55. The highest BCUT2D eigenvalue weighted by Gasteiger charge is 2.32. The first kappa shape index (κ1) is 15.8. The number of rotatable bonds is 4. The van der Waals surface area contributed by atoms with Crippen molar-refractivity contribution in [2.75, 3.05) is 39.0 Å². The molecule has 0 radical (unpaired) electrons. The van der Waals surface area contributed by atoms with Crippen LogP contribution in [0.1, 0.15) is 0 Å². The molecular weight excluding hydrogens is 290 g/mol. The summed E-state index contributed by atoms with van der Waals surface area (Å²) < 4.78 is 25.5. The van der Waals surface area contributed by atoms with Gasteiger partial charge in [-0.1, -0.05) is 6.08 Å². The minimum atomic E-state index is -3.63. The van der Waals surface area contributed by atoms with Crippen molar-refractivity contribution < 1.29 is 13.5 Å². The van der Waals surface area contributed by atoms with Crippen LogP contribution in [0.5, 0.6) is 5.75 Å². The molecule has 0 saturated carbocycles. The summed E-state index contributed by atoms with van der Waals surface area (Å²) in [5, 5.41) is 8.83. The quantitative estimate of drug-likeness (QED) is 0.478. The van der Waals surface area contributed by atoms with E-state index in [-0.39, 0.29) is 16.3 Å². The number of phenols is 1. The predicted octanol–water partition coefficient (Wildman–Crippen LogP) is 0.508. The lowest BCUT2D eigenvalue weighted by atomic mass is 10.3. The molecule has 0 aliphatic carbocycles. The van der Waals surface area contributed by atoms with Crippen molar-refractivity contribution in [3.05, 3.63) is 30.9 Å². The molecular formula is C14H21N3O3S. The van der Waals surface area contributed by atoms with E-state index in [0.717, 1.165) is 13.1 Å². The Bertz CT molecular complexity index is 622. The van der Waals surface area contributed by atoms with Crippen LogP contribution in [-0.2, 0) is 9.84 Å². The summed E-state index contributed by atoms with van der Waals surface area (Å²) in [4.78, 5) is 4.09. The monoisotopic (exact) mass is 311 g/mol. The average molecular weight is 311 g/mol. The molecule has 1 heterocycles. The second-order valence-electron chi connectivity index (χ2n) is 5.23. The van der Waals surface area contributed by atoms with E-state index in [0.29, 0.717) is 13.1 Å². The lowest BCUT2D eigenvalue weighted by Crippen LogP contribution is -2.50. The fourth-order valence-corrected chi connectivity index (χ4v) is 4.06. The number of hydrogen-bond donors (Lipinski definition) is 2. The van der Waals surface area contributed by atoms with E-state index in [4.69, 9.17) is 5.73 Å². The van der Waals surface area contributed by atoms with Crippen molar-refractivity contribution >= 4 is 15.5 Å². The second kappa shape index (κ2) is 6.05. The van der Waals surface area contributed by atoms with Crippen molar-refractivity contribution in [2.24, 2.45) is 0 Å². The smallest absolute Gasteiger partial charge is 0.198 e. The lowest BCUT2D eigenvalue weighted by Gasteiger charge is -2.36. The van der Waals surface area contributed by atoms with Gasteiger partial charge in [-0.2, -0.15) is 0 Å². The first-order valence-electron chi connectivity index (χ1n) is 6.74. The zero-order valence-corrected chi connectivity index (χ0v) is 12.9. The van der Waals surface area contributed by atoms with Gasteiger partial charge >= 0.3 is 0 Å². The van der Waals surface area contributed by atoms with Gasteiger partial charge in [0, 0.05) is 32.2 Å². The Morgan fingerprint density at radius 2 is 1.95 bits per heavy atom. The summed E-state index contributed by atoms with van der Waals surface area (Å²) in [6.45, 7) is 6.61. The van der Waals surface area contributed by atoms with Crippen molar-refractivity contribution in [3.63, 3.8) is 0 Å². The number of anilines is 1. The minimum Gasteiger partial charge on any atom is -0.506 e. The van der Waals surface area contributed by atoms with E-state index in [1.54, 1.807) is 0 Å². The van der Waals surface area contributed by atoms with Crippen LogP contribution in [0.4, 0.5) is 5.69 Å². The molecule has 116 valence electrons. The number of nitrogens with zero attached hydrogens (tertiary/aromatic N) is 2. The van der Waals surface area contributed by atoms with Gasteiger partial charge in [-0.3, -0.25) is 4.90 Å². The standard InChI is InChI=1S/C14H21N3O3S/c1-3-14(17-8-6-16(2)7-9-17)21(19,20)11-4-5-12(15)13(18)10-11/h3-5,10,14,18H,1,6-9,15H2,2H3. The summed E-state index contributed by atoms with van der Waals surface area (Å²) in [6.07, 6.45) is 1.44. The maximum Gasteiger partial charge on any atom is 0.198 e. The minimum absolute atomic E-state index is 0.0537. The van der Waals surface area contributed by atoms with Crippen LogP contribution in [0, 0.1) is 0 Å². The van der Waals surface area contributed by atoms with Crippen molar-refractivity contribution in [1.82, 2.24) is 9.80 Å². The van der Waals surface area contributed by atoms with Crippen LogP contribution in [0.15, 0.2) is 35.7 Å². The van der Waals surface area contributed by atoms with Crippen LogP contribution < -0.4 is 5.73 Å². The number of aromatic hydroxyl groups is 1. The highest BCUT2D eigenvalue weighted by Crippen LogP contribution is 2.27. The van der Waals surface area contributed by atoms with Gasteiger partial charge in [-0.15, -0.1) is 6.58 Å². The van der Waals surface area contributed by atoms with Crippen LogP contribution in [0.2, 0.25) is 0 Å². The second-order valence-corrected chi connectivity index (χ2v) is 7.28. The Balaban J connectivity index is 2.31. The third kappa shape index (κ3) is 3.20. The van der Waals surface area contributed by atoms with Crippen LogP contribution in [0.3, 0.4) is 0 Å². The van der Waals surface area contributed by atoms with Gasteiger partial charge in [-0.05, 0) is 19.2 Å². The topological polar surface area (TPSA) is 86.9 Å². The molecule has 1 aromatic carbocycles. The van der Waals surface area contributed by atoms with Gasteiger partial charge in [0.25, 0.3) is 0 Å². The summed E-state index contributed by atoms with van der Waals surface area (Å²) in [5.74, 6) is -0.225. The molecule has 0 spiro atoms. The van der Waals surface area contributed by atoms with E-state index in [9.17, 15) is 13.5 Å². The van der Waals surface area contributed by atoms with Gasteiger partial charge < -0.3 is 15.7 Å². The van der Waals surface area contributed by atoms with Crippen LogP contribution in [-0.4, -0.2) is 61.9 Å². The number of hydrogen-bond acceptors (Lipinski definition) is 6. The van der Waals surface area contributed by atoms with Gasteiger partial charge in [0.1, 0.15) is 11.1 Å². The molecule has 0 amide bonds. The fourth-order valence-electron chi connectivity index (χ4n) is 2.39. The summed E-state index contributed by atoms with van der Waals surface area (Å²) >= 11 is 0.